The zero-order valence-corrected chi connectivity index (χ0v) is 13.9. The number of carbonyl (C=O) groups is 2. The van der Waals surface area contributed by atoms with Gasteiger partial charge in [-0.25, -0.2) is 9.29 Å². The SMILES string of the molecule is Cc1cc(C)c(N[C@@H]2CC(=O)N(c3ccccc3F)C2=O)c(C)c1. The molecule has 0 radical (unpaired) electrons. The Morgan fingerprint density at radius 1 is 1.08 bits per heavy atom. The van der Waals surface area contributed by atoms with Gasteiger partial charge in [0.2, 0.25) is 5.91 Å². The van der Waals surface area contributed by atoms with Crippen molar-refractivity contribution in [2.45, 2.75) is 33.2 Å². The number of carbonyl (C=O) groups excluding carboxylic acids is 2. The van der Waals surface area contributed by atoms with Gasteiger partial charge >= 0.3 is 0 Å². The summed E-state index contributed by atoms with van der Waals surface area (Å²) < 4.78 is 13.9. The maximum atomic E-state index is 13.9. The fraction of sp³-hybridized carbons (Fsp3) is 0.263. The van der Waals surface area contributed by atoms with E-state index >= 15 is 0 Å². The minimum Gasteiger partial charge on any atom is -0.373 e. The minimum absolute atomic E-state index is 0.00847. The third kappa shape index (κ3) is 2.77. The Labute approximate surface area is 140 Å². The smallest absolute Gasteiger partial charge is 0.256 e. The molecular formula is C19H19FN2O2. The van der Waals surface area contributed by atoms with Crippen molar-refractivity contribution >= 4 is 23.2 Å². The van der Waals surface area contributed by atoms with Crippen LogP contribution in [0.4, 0.5) is 15.8 Å². The Bertz CT molecular complexity index is 809. The van der Waals surface area contributed by atoms with Crippen molar-refractivity contribution < 1.29 is 14.0 Å². The van der Waals surface area contributed by atoms with Gasteiger partial charge in [0, 0.05) is 5.69 Å². The molecular weight excluding hydrogens is 307 g/mol. The van der Waals surface area contributed by atoms with Gasteiger partial charge in [-0.3, -0.25) is 9.59 Å². The first-order valence-corrected chi connectivity index (χ1v) is 7.84. The van der Waals surface area contributed by atoms with E-state index < -0.39 is 23.7 Å². The summed E-state index contributed by atoms with van der Waals surface area (Å²) >= 11 is 0. The molecule has 124 valence electrons. The lowest BCUT2D eigenvalue weighted by molar-refractivity contribution is -0.121. The van der Waals surface area contributed by atoms with Crippen LogP contribution in [0.2, 0.25) is 0 Å². The minimum atomic E-state index is -0.683. The van der Waals surface area contributed by atoms with Gasteiger partial charge in [-0.05, 0) is 44.0 Å². The van der Waals surface area contributed by atoms with Crippen LogP contribution in [0, 0.1) is 26.6 Å². The molecule has 1 saturated heterocycles. The molecule has 5 heteroatoms. The molecule has 1 N–H and O–H groups in total. The van der Waals surface area contributed by atoms with Gasteiger partial charge in [0.05, 0.1) is 12.1 Å². The molecule has 24 heavy (non-hydrogen) atoms. The lowest BCUT2D eigenvalue weighted by atomic mass is 10.0. The number of aryl methyl sites for hydroxylation is 3. The number of rotatable bonds is 3. The van der Waals surface area contributed by atoms with E-state index in [1.54, 1.807) is 6.07 Å². The monoisotopic (exact) mass is 326 g/mol. The Balaban J connectivity index is 1.89. The van der Waals surface area contributed by atoms with Crippen molar-refractivity contribution in [1.29, 1.82) is 0 Å². The molecule has 1 aliphatic heterocycles. The number of benzene rings is 2. The second kappa shape index (κ2) is 6.07. The van der Waals surface area contributed by atoms with E-state index in [1.807, 2.05) is 32.9 Å². The van der Waals surface area contributed by atoms with Gasteiger partial charge in [0.1, 0.15) is 11.9 Å². The van der Waals surface area contributed by atoms with E-state index in [0.717, 1.165) is 27.3 Å². The number of hydrogen-bond acceptors (Lipinski definition) is 3. The highest BCUT2D eigenvalue weighted by Gasteiger charge is 2.40. The molecule has 0 aliphatic carbocycles. The predicted octanol–water partition coefficient (Wildman–Crippen LogP) is 3.49. The summed E-state index contributed by atoms with van der Waals surface area (Å²) in [5, 5.41) is 3.17. The number of hydrogen-bond donors (Lipinski definition) is 1. The van der Waals surface area contributed by atoms with Crippen molar-refractivity contribution in [2.75, 3.05) is 10.2 Å². The second-order valence-electron chi connectivity index (χ2n) is 6.19. The van der Waals surface area contributed by atoms with Crippen LogP contribution < -0.4 is 10.2 Å². The summed E-state index contributed by atoms with van der Waals surface area (Å²) in [6.07, 6.45) is 0.0138. The summed E-state index contributed by atoms with van der Waals surface area (Å²) in [4.78, 5) is 25.8. The van der Waals surface area contributed by atoms with Crippen LogP contribution in [0.25, 0.3) is 0 Å². The number of anilines is 2. The van der Waals surface area contributed by atoms with Crippen LogP contribution >= 0.6 is 0 Å². The highest BCUT2D eigenvalue weighted by molar-refractivity contribution is 6.23. The first kappa shape index (κ1) is 16.2. The molecule has 1 heterocycles. The standard InChI is InChI=1S/C19H19FN2O2/c1-11-8-12(2)18(13(3)9-11)21-15-10-17(23)22(19(15)24)16-7-5-4-6-14(16)20/h4-9,15,21H,10H2,1-3H3/t15-/m1/s1. The van der Waals surface area contributed by atoms with Gasteiger partial charge < -0.3 is 5.32 Å². The second-order valence-corrected chi connectivity index (χ2v) is 6.19. The highest BCUT2D eigenvalue weighted by atomic mass is 19.1. The molecule has 1 fully saturated rings. The molecule has 0 unspecified atom stereocenters. The van der Waals surface area contributed by atoms with Gasteiger partial charge in [0.15, 0.2) is 0 Å². The summed E-state index contributed by atoms with van der Waals surface area (Å²) in [7, 11) is 0. The summed E-state index contributed by atoms with van der Waals surface area (Å²) in [6.45, 7) is 5.92. The van der Waals surface area contributed by atoms with Crippen LogP contribution in [0.5, 0.6) is 0 Å². The average molecular weight is 326 g/mol. The lowest BCUT2D eigenvalue weighted by Crippen LogP contribution is -2.35. The molecule has 1 aliphatic rings. The number of nitrogens with one attached hydrogen (secondary N) is 1. The molecule has 0 spiro atoms. The van der Waals surface area contributed by atoms with Crippen molar-refractivity contribution in [1.82, 2.24) is 0 Å². The predicted molar refractivity (Wildman–Crippen MR) is 91.6 cm³/mol. The van der Waals surface area contributed by atoms with E-state index in [-0.39, 0.29) is 12.1 Å². The first-order chi connectivity index (χ1) is 11.4. The molecule has 4 nitrogen and oxygen atoms in total. The van der Waals surface area contributed by atoms with Crippen molar-refractivity contribution in [3.8, 4) is 0 Å². The normalized spacial score (nSPS) is 17.5. The molecule has 0 saturated carbocycles. The molecule has 3 rings (SSSR count). The average Bonchev–Trinajstić information content (AvgIpc) is 2.78. The molecule has 2 aromatic carbocycles. The zero-order chi connectivity index (χ0) is 17.4. The number of halogens is 1. The molecule has 0 bridgehead atoms. The largest absolute Gasteiger partial charge is 0.373 e. The zero-order valence-electron chi connectivity index (χ0n) is 13.9. The van der Waals surface area contributed by atoms with Crippen LogP contribution in [-0.4, -0.2) is 17.9 Å². The van der Waals surface area contributed by atoms with Gasteiger partial charge in [-0.2, -0.15) is 0 Å². The van der Waals surface area contributed by atoms with Gasteiger partial charge in [-0.1, -0.05) is 29.8 Å². The van der Waals surface area contributed by atoms with Crippen LogP contribution in [-0.2, 0) is 9.59 Å². The summed E-state index contributed by atoms with van der Waals surface area (Å²) in [5.74, 6) is -1.41. The maximum Gasteiger partial charge on any atom is 0.256 e. The van der Waals surface area contributed by atoms with E-state index in [1.165, 1.54) is 18.2 Å². The Hall–Kier alpha value is -2.69. The fourth-order valence-corrected chi connectivity index (χ4v) is 3.21. The highest BCUT2D eigenvalue weighted by Crippen LogP contribution is 2.29. The number of nitrogens with zero attached hydrogens (tertiary/aromatic N) is 1. The molecule has 1 atom stereocenters. The van der Waals surface area contributed by atoms with E-state index in [2.05, 4.69) is 5.32 Å². The van der Waals surface area contributed by atoms with Gasteiger partial charge in [-0.15, -0.1) is 0 Å². The van der Waals surface area contributed by atoms with Crippen molar-refractivity contribution in [3.05, 3.63) is 58.9 Å². The quantitative estimate of drug-likeness (QED) is 0.878. The first-order valence-electron chi connectivity index (χ1n) is 7.84. The van der Waals surface area contributed by atoms with Crippen LogP contribution in [0.1, 0.15) is 23.1 Å². The molecule has 0 aromatic heterocycles. The number of imide groups is 1. The van der Waals surface area contributed by atoms with Crippen LogP contribution in [0.15, 0.2) is 36.4 Å². The summed E-state index contributed by atoms with van der Waals surface area (Å²) in [5.41, 5.74) is 4.02. The summed E-state index contributed by atoms with van der Waals surface area (Å²) in [6, 6.07) is 9.17. The number of amides is 2. The Kier molecular flexibility index (Phi) is 4.09. The lowest BCUT2D eigenvalue weighted by Gasteiger charge is -2.19. The fourth-order valence-electron chi connectivity index (χ4n) is 3.21. The van der Waals surface area contributed by atoms with Crippen LogP contribution in [0.3, 0.4) is 0 Å². The van der Waals surface area contributed by atoms with E-state index in [0.29, 0.717) is 0 Å². The Morgan fingerprint density at radius 3 is 2.33 bits per heavy atom. The maximum absolute atomic E-state index is 13.9. The van der Waals surface area contributed by atoms with Crippen molar-refractivity contribution in [3.63, 3.8) is 0 Å². The third-order valence-corrected chi connectivity index (χ3v) is 4.24. The van der Waals surface area contributed by atoms with E-state index in [9.17, 15) is 14.0 Å². The van der Waals surface area contributed by atoms with E-state index in [4.69, 9.17) is 0 Å². The van der Waals surface area contributed by atoms with Gasteiger partial charge in [0.25, 0.3) is 5.91 Å². The van der Waals surface area contributed by atoms with Crippen molar-refractivity contribution in [2.24, 2.45) is 0 Å². The molecule has 2 amide bonds. The number of para-hydroxylation sites is 1. The topological polar surface area (TPSA) is 49.4 Å². The molecule has 2 aromatic rings. The third-order valence-electron chi connectivity index (χ3n) is 4.24. The Morgan fingerprint density at radius 2 is 1.71 bits per heavy atom.